The highest BCUT2D eigenvalue weighted by molar-refractivity contribution is 9.10. The molecule has 0 radical (unpaired) electrons. The lowest BCUT2D eigenvalue weighted by molar-refractivity contribution is -0.122. The molecule has 0 spiro atoms. The summed E-state index contributed by atoms with van der Waals surface area (Å²) in [7, 11) is 0. The van der Waals surface area contributed by atoms with Crippen molar-refractivity contribution in [2.45, 2.75) is 26.2 Å². The van der Waals surface area contributed by atoms with Crippen LogP contribution >= 0.6 is 15.9 Å². The summed E-state index contributed by atoms with van der Waals surface area (Å²) in [6, 6.07) is 6.27. The van der Waals surface area contributed by atoms with Crippen LogP contribution in [-0.2, 0) is 11.2 Å². The standard InChI is InChI=1S/C13H16BrNO/c1-9-2-5-12(14)8-11(9)6-7-15-13(16)10-3-4-10/h2,5,8,10H,3-4,6-7H2,1H3,(H,15,16). The Morgan fingerprint density at radius 3 is 2.94 bits per heavy atom. The van der Waals surface area contributed by atoms with Gasteiger partial charge in [0.2, 0.25) is 5.91 Å². The molecule has 1 amide bonds. The van der Waals surface area contributed by atoms with Gasteiger partial charge in [-0.15, -0.1) is 0 Å². The largest absolute Gasteiger partial charge is 0.356 e. The lowest BCUT2D eigenvalue weighted by atomic mass is 10.1. The van der Waals surface area contributed by atoms with E-state index in [-0.39, 0.29) is 5.91 Å². The number of aryl methyl sites for hydroxylation is 1. The second kappa shape index (κ2) is 5.00. The van der Waals surface area contributed by atoms with Crippen molar-refractivity contribution in [2.75, 3.05) is 6.54 Å². The molecule has 2 nitrogen and oxygen atoms in total. The minimum absolute atomic E-state index is 0.229. The number of carbonyl (C=O) groups is 1. The van der Waals surface area contributed by atoms with Crippen LogP contribution in [0.4, 0.5) is 0 Å². The molecule has 0 unspecified atom stereocenters. The molecule has 1 aromatic rings. The monoisotopic (exact) mass is 281 g/mol. The van der Waals surface area contributed by atoms with Crippen LogP contribution < -0.4 is 5.32 Å². The third-order valence-corrected chi connectivity index (χ3v) is 3.45. The Morgan fingerprint density at radius 2 is 2.25 bits per heavy atom. The van der Waals surface area contributed by atoms with E-state index >= 15 is 0 Å². The van der Waals surface area contributed by atoms with E-state index in [1.54, 1.807) is 0 Å². The molecule has 1 aromatic carbocycles. The predicted octanol–water partition coefficient (Wildman–Crippen LogP) is 2.83. The molecule has 16 heavy (non-hydrogen) atoms. The quantitative estimate of drug-likeness (QED) is 0.904. The van der Waals surface area contributed by atoms with Crippen molar-refractivity contribution in [3.8, 4) is 0 Å². The molecule has 1 fully saturated rings. The summed E-state index contributed by atoms with van der Waals surface area (Å²) in [5.41, 5.74) is 2.58. The highest BCUT2D eigenvalue weighted by Crippen LogP contribution is 2.28. The van der Waals surface area contributed by atoms with Crippen molar-refractivity contribution in [1.29, 1.82) is 0 Å². The Bertz CT molecular complexity index is 399. The smallest absolute Gasteiger partial charge is 0.223 e. The second-order valence-corrected chi connectivity index (χ2v) is 5.30. The number of carbonyl (C=O) groups excluding carboxylic acids is 1. The van der Waals surface area contributed by atoms with Crippen LogP contribution in [0.25, 0.3) is 0 Å². The Morgan fingerprint density at radius 1 is 1.50 bits per heavy atom. The van der Waals surface area contributed by atoms with Gasteiger partial charge in [0.05, 0.1) is 0 Å². The van der Waals surface area contributed by atoms with Gasteiger partial charge in [0.15, 0.2) is 0 Å². The first kappa shape index (κ1) is 11.6. The van der Waals surface area contributed by atoms with E-state index in [1.165, 1.54) is 11.1 Å². The maximum atomic E-state index is 11.4. The fourth-order valence-electron chi connectivity index (χ4n) is 1.72. The SMILES string of the molecule is Cc1ccc(Br)cc1CCNC(=O)C1CC1. The van der Waals surface area contributed by atoms with Crippen LogP contribution in [0.15, 0.2) is 22.7 Å². The first-order valence-corrected chi connectivity index (χ1v) is 6.49. The van der Waals surface area contributed by atoms with Gasteiger partial charge in [0, 0.05) is 16.9 Å². The van der Waals surface area contributed by atoms with E-state index in [0.29, 0.717) is 5.92 Å². The van der Waals surface area contributed by atoms with Crippen LogP contribution in [0.5, 0.6) is 0 Å². The van der Waals surface area contributed by atoms with Gasteiger partial charge in [-0.1, -0.05) is 22.0 Å². The van der Waals surface area contributed by atoms with Crippen molar-refractivity contribution in [1.82, 2.24) is 5.32 Å². The third kappa shape index (κ3) is 3.08. The van der Waals surface area contributed by atoms with Gasteiger partial charge < -0.3 is 5.32 Å². The Labute approximate surface area is 105 Å². The van der Waals surface area contributed by atoms with Gasteiger partial charge in [-0.25, -0.2) is 0 Å². The highest BCUT2D eigenvalue weighted by Gasteiger charge is 2.28. The van der Waals surface area contributed by atoms with Crippen LogP contribution in [0, 0.1) is 12.8 Å². The minimum atomic E-state index is 0.229. The highest BCUT2D eigenvalue weighted by atomic mass is 79.9. The zero-order valence-electron chi connectivity index (χ0n) is 9.42. The summed E-state index contributed by atoms with van der Waals surface area (Å²) >= 11 is 3.46. The number of hydrogen-bond acceptors (Lipinski definition) is 1. The van der Waals surface area contributed by atoms with E-state index in [0.717, 1.165) is 30.3 Å². The molecular formula is C13H16BrNO. The minimum Gasteiger partial charge on any atom is -0.356 e. The molecule has 0 atom stereocenters. The second-order valence-electron chi connectivity index (χ2n) is 4.39. The Balaban J connectivity index is 1.84. The van der Waals surface area contributed by atoms with E-state index in [4.69, 9.17) is 0 Å². The number of hydrogen-bond donors (Lipinski definition) is 1. The first-order valence-electron chi connectivity index (χ1n) is 5.69. The summed E-state index contributed by atoms with van der Waals surface area (Å²) in [5.74, 6) is 0.538. The average Bonchev–Trinajstić information content (AvgIpc) is 3.06. The number of nitrogens with one attached hydrogen (secondary N) is 1. The van der Waals surface area contributed by atoms with Gasteiger partial charge >= 0.3 is 0 Å². The lowest BCUT2D eigenvalue weighted by Crippen LogP contribution is -2.27. The molecule has 0 saturated heterocycles. The Kier molecular flexibility index (Phi) is 3.64. The summed E-state index contributed by atoms with van der Waals surface area (Å²) < 4.78 is 1.10. The van der Waals surface area contributed by atoms with E-state index in [1.807, 2.05) is 6.07 Å². The summed E-state index contributed by atoms with van der Waals surface area (Å²) in [4.78, 5) is 11.4. The maximum absolute atomic E-state index is 11.4. The molecule has 3 heteroatoms. The normalized spacial score (nSPS) is 14.9. The molecule has 1 aliphatic rings. The van der Waals surface area contributed by atoms with E-state index in [2.05, 4.69) is 40.3 Å². The molecule has 1 aliphatic carbocycles. The van der Waals surface area contributed by atoms with Crippen molar-refractivity contribution >= 4 is 21.8 Å². The summed E-state index contributed by atoms with van der Waals surface area (Å²) in [5, 5.41) is 2.99. The number of amides is 1. The van der Waals surface area contributed by atoms with Crippen LogP contribution in [0.1, 0.15) is 24.0 Å². The fourth-order valence-corrected chi connectivity index (χ4v) is 2.13. The van der Waals surface area contributed by atoms with Crippen LogP contribution in [0.3, 0.4) is 0 Å². The van der Waals surface area contributed by atoms with Crippen molar-refractivity contribution in [3.05, 3.63) is 33.8 Å². The maximum Gasteiger partial charge on any atom is 0.223 e. The van der Waals surface area contributed by atoms with E-state index in [9.17, 15) is 4.79 Å². The number of rotatable bonds is 4. The molecule has 1 N–H and O–H groups in total. The van der Waals surface area contributed by atoms with Crippen molar-refractivity contribution in [2.24, 2.45) is 5.92 Å². The molecule has 0 heterocycles. The summed E-state index contributed by atoms with van der Waals surface area (Å²) in [6.07, 6.45) is 3.05. The number of benzene rings is 1. The van der Waals surface area contributed by atoms with Gasteiger partial charge in [-0.2, -0.15) is 0 Å². The fraction of sp³-hybridized carbons (Fsp3) is 0.462. The molecule has 2 rings (SSSR count). The summed E-state index contributed by atoms with van der Waals surface area (Å²) in [6.45, 7) is 2.84. The first-order chi connectivity index (χ1) is 7.66. The number of halogens is 1. The van der Waals surface area contributed by atoms with E-state index < -0.39 is 0 Å². The zero-order valence-corrected chi connectivity index (χ0v) is 11.0. The molecule has 1 saturated carbocycles. The van der Waals surface area contributed by atoms with Gasteiger partial charge in [0.25, 0.3) is 0 Å². The third-order valence-electron chi connectivity index (χ3n) is 2.95. The topological polar surface area (TPSA) is 29.1 Å². The van der Waals surface area contributed by atoms with Gasteiger partial charge in [0.1, 0.15) is 0 Å². The average molecular weight is 282 g/mol. The molecule has 0 bridgehead atoms. The molecule has 0 aliphatic heterocycles. The predicted molar refractivity (Wildman–Crippen MR) is 68.3 cm³/mol. The molecule has 86 valence electrons. The lowest BCUT2D eigenvalue weighted by Gasteiger charge is -2.07. The van der Waals surface area contributed by atoms with Crippen LogP contribution in [0.2, 0.25) is 0 Å². The molecule has 0 aromatic heterocycles. The van der Waals surface area contributed by atoms with Gasteiger partial charge in [-0.3, -0.25) is 4.79 Å². The zero-order chi connectivity index (χ0) is 11.5. The van der Waals surface area contributed by atoms with Crippen LogP contribution in [-0.4, -0.2) is 12.5 Å². The van der Waals surface area contributed by atoms with Crippen molar-refractivity contribution < 1.29 is 4.79 Å². The Hall–Kier alpha value is -0.830. The molecular weight excluding hydrogens is 266 g/mol. The van der Waals surface area contributed by atoms with Crippen molar-refractivity contribution in [3.63, 3.8) is 0 Å². The van der Waals surface area contributed by atoms with Gasteiger partial charge in [-0.05, 0) is 49.4 Å².